The molecule has 5 nitrogen and oxygen atoms in total. The summed E-state index contributed by atoms with van der Waals surface area (Å²) in [6.07, 6.45) is 4.85. The molecular formula is C11H12N4OS. The Morgan fingerprint density at radius 3 is 2.82 bits per heavy atom. The quantitative estimate of drug-likeness (QED) is 0.823. The number of anilines is 1. The lowest BCUT2D eigenvalue weighted by Crippen LogP contribution is -2.19. The lowest BCUT2D eigenvalue weighted by atomic mass is 10.4. The summed E-state index contributed by atoms with van der Waals surface area (Å²) in [6, 6.07) is 3.76. The summed E-state index contributed by atoms with van der Waals surface area (Å²) in [4.78, 5) is 10.5. The van der Waals surface area contributed by atoms with Crippen LogP contribution in [0.1, 0.15) is 11.5 Å². The smallest absolute Gasteiger partial charge is 0.147 e. The molecule has 2 rings (SSSR count). The number of rotatable bonds is 4. The Labute approximate surface area is 104 Å². The molecule has 0 amide bonds. The van der Waals surface area contributed by atoms with Gasteiger partial charge in [0.2, 0.25) is 0 Å². The Bertz CT molecular complexity index is 495. The molecule has 2 aromatic rings. The minimum atomic E-state index is 0.248. The summed E-state index contributed by atoms with van der Waals surface area (Å²) < 4.78 is 5.26. The van der Waals surface area contributed by atoms with Crippen LogP contribution in [0.25, 0.3) is 0 Å². The zero-order valence-corrected chi connectivity index (χ0v) is 10.1. The fourth-order valence-electron chi connectivity index (χ4n) is 1.36. The van der Waals surface area contributed by atoms with Gasteiger partial charge in [0.15, 0.2) is 0 Å². The second-order valence-electron chi connectivity index (χ2n) is 3.56. The standard InChI is InChI=1S/C11H12N4OS/c1-15(7-8-3-2-4-16-8)10-6-13-9(5-14-10)11(12)17/h2-6H,7H2,1H3,(H2,12,17). The van der Waals surface area contributed by atoms with E-state index in [0.717, 1.165) is 11.6 Å². The van der Waals surface area contributed by atoms with Gasteiger partial charge in [0, 0.05) is 7.05 Å². The summed E-state index contributed by atoms with van der Waals surface area (Å²) in [5, 5.41) is 0. The first kappa shape index (κ1) is 11.5. The summed E-state index contributed by atoms with van der Waals surface area (Å²) in [7, 11) is 1.91. The van der Waals surface area contributed by atoms with E-state index in [2.05, 4.69) is 9.97 Å². The summed E-state index contributed by atoms with van der Waals surface area (Å²) >= 11 is 4.81. The molecule has 17 heavy (non-hydrogen) atoms. The van der Waals surface area contributed by atoms with Crippen LogP contribution in [-0.2, 0) is 6.54 Å². The van der Waals surface area contributed by atoms with Crippen molar-refractivity contribution >= 4 is 23.0 Å². The molecule has 2 N–H and O–H groups in total. The third kappa shape index (κ3) is 2.79. The Kier molecular flexibility index (Phi) is 3.34. The number of thiocarbonyl (C=S) groups is 1. The normalized spacial score (nSPS) is 10.2. The first-order valence-corrected chi connectivity index (χ1v) is 5.43. The van der Waals surface area contributed by atoms with Gasteiger partial charge in [0.25, 0.3) is 0 Å². The topological polar surface area (TPSA) is 68.2 Å². The van der Waals surface area contributed by atoms with Crippen LogP contribution in [0.4, 0.5) is 5.82 Å². The van der Waals surface area contributed by atoms with Gasteiger partial charge in [-0.2, -0.15) is 0 Å². The van der Waals surface area contributed by atoms with E-state index in [1.165, 1.54) is 0 Å². The number of aromatic nitrogens is 2. The van der Waals surface area contributed by atoms with Crippen LogP contribution < -0.4 is 10.6 Å². The zero-order valence-electron chi connectivity index (χ0n) is 9.33. The van der Waals surface area contributed by atoms with Crippen LogP contribution >= 0.6 is 12.2 Å². The number of hydrogen-bond donors (Lipinski definition) is 1. The van der Waals surface area contributed by atoms with Gasteiger partial charge in [-0.05, 0) is 12.1 Å². The van der Waals surface area contributed by atoms with Crippen molar-refractivity contribution in [2.75, 3.05) is 11.9 Å². The predicted octanol–water partition coefficient (Wildman–Crippen LogP) is 1.34. The number of nitrogens with zero attached hydrogens (tertiary/aromatic N) is 3. The maximum atomic E-state index is 5.45. The minimum Gasteiger partial charge on any atom is -0.467 e. The van der Waals surface area contributed by atoms with Crippen molar-refractivity contribution in [3.8, 4) is 0 Å². The molecule has 0 aromatic carbocycles. The van der Waals surface area contributed by atoms with Crippen molar-refractivity contribution in [1.29, 1.82) is 0 Å². The fraction of sp³-hybridized carbons (Fsp3) is 0.182. The zero-order chi connectivity index (χ0) is 12.3. The third-order valence-corrected chi connectivity index (χ3v) is 2.46. The first-order chi connectivity index (χ1) is 8.16. The van der Waals surface area contributed by atoms with Gasteiger partial charge >= 0.3 is 0 Å². The third-order valence-electron chi connectivity index (χ3n) is 2.25. The van der Waals surface area contributed by atoms with Gasteiger partial charge in [-0.15, -0.1) is 0 Å². The minimum absolute atomic E-state index is 0.248. The molecular weight excluding hydrogens is 236 g/mol. The molecule has 0 aliphatic heterocycles. The van der Waals surface area contributed by atoms with Crippen molar-refractivity contribution in [3.63, 3.8) is 0 Å². The van der Waals surface area contributed by atoms with E-state index < -0.39 is 0 Å². The van der Waals surface area contributed by atoms with E-state index >= 15 is 0 Å². The first-order valence-electron chi connectivity index (χ1n) is 5.02. The summed E-state index contributed by atoms with van der Waals surface area (Å²) in [6.45, 7) is 0.633. The van der Waals surface area contributed by atoms with Crippen LogP contribution in [0.3, 0.4) is 0 Å². The van der Waals surface area contributed by atoms with E-state index in [1.807, 2.05) is 24.1 Å². The van der Waals surface area contributed by atoms with E-state index in [1.54, 1.807) is 18.7 Å². The molecule has 2 aromatic heterocycles. The Morgan fingerprint density at radius 1 is 1.47 bits per heavy atom. The lowest BCUT2D eigenvalue weighted by molar-refractivity contribution is 0.507. The van der Waals surface area contributed by atoms with Gasteiger partial charge in [0.1, 0.15) is 22.3 Å². The van der Waals surface area contributed by atoms with Crippen LogP contribution in [0, 0.1) is 0 Å². The average molecular weight is 248 g/mol. The Balaban J connectivity index is 2.09. The van der Waals surface area contributed by atoms with E-state index in [0.29, 0.717) is 12.2 Å². The molecule has 0 fully saturated rings. The summed E-state index contributed by atoms with van der Waals surface area (Å²) in [5.41, 5.74) is 5.97. The molecule has 0 unspecified atom stereocenters. The van der Waals surface area contributed by atoms with Crippen molar-refractivity contribution < 1.29 is 4.42 Å². The van der Waals surface area contributed by atoms with Gasteiger partial charge in [-0.1, -0.05) is 12.2 Å². The van der Waals surface area contributed by atoms with E-state index in [9.17, 15) is 0 Å². The molecule has 0 bridgehead atoms. The number of furan rings is 1. The molecule has 0 aliphatic carbocycles. The Morgan fingerprint density at radius 2 is 2.29 bits per heavy atom. The van der Waals surface area contributed by atoms with Crippen molar-refractivity contribution in [2.24, 2.45) is 5.73 Å². The van der Waals surface area contributed by atoms with Gasteiger partial charge < -0.3 is 15.1 Å². The molecule has 0 spiro atoms. The highest BCUT2D eigenvalue weighted by Gasteiger charge is 2.06. The molecule has 0 aliphatic rings. The van der Waals surface area contributed by atoms with Crippen molar-refractivity contribution in [3.05, 3.63) is 42.2 Å². The highest BCUT2D eigenvalue weighted by molar-refractivity contribution is 7.80. The average Bonchev–Trinajstić information content (AvgIpc) is 2.82. The molecule has 6 heteroatoms. The second kappa shape index (κ2) is 4.92. The van der Waals surface area contributed by atoms with Crippen LogP contribution in [0.5, 0.6) is 0 Å². The lowest BCUT2D eigenvalue weighted by Gasteiger charge is -2.16. The molecule has 0 atom stereocenters. The molecule has 0 saturated carbocycles. The number of hydrogen-bond acceptors (Lipinski definition) is 5. The van der Waals surface area contributed by atoms with Crippen LogP contribution in [0.15, 0.2) is 35.2 Å². The molecule has 0 radical (unpaired) electrons. The van der Waals surface area contributed by atoms with Gasteiger partial charge in [-0.25, -0.2) is 9.97 Å². The molecule has 0 saturated heterocycles. The maximum absolute atomic E-state index is 5.45. The highest BCUT2D eigenvalue weighted by Crippen LogP contribution is 2.11. The monoisotopic (exact) mass is 248 g/mol. The van der Waals surface area contributed by atoms with Crippen molar-refractivity contribution in [1.82, 2.24) is 9.97 Å². The molecule has 2 heterocycles. The molecule has 88 valence electrons. The fourth-order valence-corrected chi connectivity index (χ4v) is 1.47. The second-order valence-corrected chi connectivity index (χ2v) is 4.00. The highest BCUT2D eigenvalue weighted by atomic mass is 32.1. The summed E-state index contributed by atoms with van der Waals surface area (Å²) in [5.74, 6) is 1.61. The largest absolute Gasteiger partial charge is 0.467 e. The predicted molar refractivity (Wildman–Crippen MR) is 68.7 cm³/mol. The van der Waals surface area contributed by atoms with Crippen molar-refractivity contribution in [2.45, 2.75) is 6.54 Å². The van der Waals surface area contributed by atoms with Crippen LogP contribution in [0.2, 0.25) is 0 Å². The Hall–Kier alpha value is -1.95. The van der Waals surface area contributed by atoms with Crippen LogP contribution in [-0.4, -0.2) is 22.0 Å². The van der Waals surface area contributed by atoms with Gasteiger partial charge in [-0.3, -0.25) is 0 Å². The maximum Gasteiger partial charge on any atom is 0.147 e. The SMILES string of the molecule is CN(Cc1ccco1)c1cnc(C(N)=S)cn1. The van der Waals surface area contributed by atoms with E-state index in [-0.39, 0.29) is 4.99 Å². The van der Waals surface area contributed by atoms with E-state index in [4.69, 9.17) is 22.4 Å². The van der Waals surface area contributed by atoms with Gasteiger partial charge in [0.05, 0.1) is 25.2 Å². The number of nitrogens with two attached hydrogens (primary N) is 1.